The molecule has 33 heavy (non-hydrogen) atoms. The van der Waals surface area contributed by atoms with Crippen LogP contribution in [0.3, 0.4) is 0 Å². The normalized spacial score (nSPS) is 12.2. The van der Waals surface area contributed by atoms with Gasteiger partial charge in [0.05, 0.1) is 0 Å². The molecule has 2 aromatic carbocycles. The van der Waals surface area contributed by atoms with Crippen molar-refractivity contribution in [1.29, 1.82) is 0 Å². The van der Waals surface area contributed by atoms with Gasteiger partial charge < -0.3 is 14.8 Å². The molecule has 1 unspecified atom stereocenters. The lowest BCUT2D eigenvalue weighted by atomic mass is 9.94. The van der Waals surface area contributed by atoms with Gasteiger partial charge in [0.1, 0.15) is 5.75 Å². The van der Waals surface area contributed by atoms with Crippen molar-refractivity contribution in [3.8, 4) is 5.75 Å². The van der Waals surface area contributed by atoms with Crippen LogP contribution in [0.2, 0.25) is 5.02 Å². The number of aryl methyl sites for hydroxylation is 2. The molecule has 5 nitrogen and oxygen atoms in total. The number of phenolic OH excluding ortho intramolecular Hbond substituents is 1. The first-order chi connectivity index (χ1) is 15.8. The van der Waals surface area contributed by atoms with E-state index in [1.807, 2.05) is 43.4 Å². The fraction of sp³-hybridized carbons (Fsp3) is 0.407. The van der Waals surface area contributed by atoms with Crippen LogP contribution in [0.25, 0.3) is 10.9 Å². The first kappa shape index (κ1) is 24.8. The Morgan fingerprint density at radius 1 is 1.00 bits per heavy atom. The SMILES string of the molecule is CC(CC(=O)O)CC(=O)c1c(CCCCCCc2ccccc2O)n(C)c2ccc(Cl)cc12. The first-order valence-corrected chi connectivity index (χ1v) is 11.9. The number of para-hydroxylation sites is 1. The Hall–Kier alpha value is -2.79. The number of Topliss-reactive ketones (excluding diaryl/α,β-unsaturated/α-hetero) is 1. The van der Waals surface area contributed by atoms with E-state index in [1.165, 1.54) is 0 Å². The lowest BCUT2D eigenvalue weighted by Gasteiger charge is -2.11. The van der Waals surface area contributed by atoms with Gasteiger partial charge in [0, 0.05) is 47.1 Å². The van der Waals surface area contributed by atoms with Crippen molar-refractivity contribution in [1.82, 2.24) is 4.57 Å². The third-order valence-corrected chi connectivity index (χ3v) is 6.45. The Morgan fingerprint density at radius 3 is 2.39 bits per heavy atom. The lowest BCUT2D eigenvalue weighted by molar-refractivity contribution is -0.137. The molecule has 0 saturated carbocycles. The standard InChI is InChI=1S/C27H32ClNO4/c1-18(16-26(32)33)15-25(31)27-21-17-20(28)13-14-22(21)29(2)23(27)11-6-4-3-5-9-19-10-7-8-12-24(19)30/h7-8,10,12-14,17-18,30H,3-6,9,11,15-16H2,1-2H3,(H,32,33). The van der Waals surface area contributed by atoms with Crippen LogP contribution in [0.4, 0.5) is 0 Å². The van der Waals surface area contributed by atoms with Crippen molar-refractivity contribution < 1.29 is 19.8 Å². The van der Waals surface area contributed by atoms with Crippen molar-refractivity contribution in [3.05, 3.63) is 64.3 Å². The lowest BCUT2D eigenvalue weighted by Crippen LogP contribution is -2.12. The number of fused-ring (bicyclic) bond motifs is 1. The number of carboxylic acid groups (broad SMARTS) is 1. The van der Waals surface area contributed by atoms with Gasteiger partial charge >= 0.3 is 5.97 Å². The molecular formula is C27H32ClNO4. The Kier molecular flexibility index (Phi) is 8.56. The van der Waals surface area contributed by atoms with Gasteiger partial charge in [-0.1, -0.05) is 49.6 Å². The minimum atomic E-state index is -0.889. The molecule has 0 fully saturated rings. The number of benzene rings is 2. The van der Waals surface area contributed by atoms with E-state index in [2.05, 4.69) is 4.57 Å². The van der Waals surface area contributed by atoms with E-state index in [0.29, 0.717) is 16.3 Å². The van der Waals surface area contributed by atoms with Gasteiger partial charge in [-0.05, 0) is 61.4 Å². The zero-order valence-corrected chi connectivity index (χ0v) is 20.1. The molecule has 0 aliphatic heterocycles. The average molecular weight is 470 g/mol. The predicted molar refractivity (Wildman–Crippen MR) is 132 cm³/mol. The molecule has 0 aliphatic carbocycles. The van der Waals surface area contributed by atoms with Crippen LogP contribution in [0.15, 0.2) is 42.5 Å². The van der Waals surface area contributed by atoms with Gasteiger partial charge in [-0.15, -0.1) is 0 Å². The van der Waals surface area contributed by atoms with E-state index in [1.54, 1.807) is 13.0 Å². The molecule has 1 atom stereocenters. The zero-order valence-electron chi connectivity index (χ0n) is 19.3. The molecule has 176 valence electrons. The molecule has 3 aromatic rings. The maximum Gasteiger partial charge on any atom is 0.303 e. The molecule has 0 aliphatic rings. The summed E-state index contributed by atoms with van der Waals surface area (Å²) in [5.41, 5.74) is 3.61. The maximum absolute atomic E-state index is 13.2. The van der Waals surface area contributed by atoms with Crippen molar-refractivity contribution in [2.24, 2.45) is 13.0 Å². The second-order valence-electron chi connectivity index (χ2n) is 8.92. The van der Waals surface area contributed by atoms with Crippen LogP contribution < -0.4 is 0 Å². The maximum atomic E-state index is 13.2. The Bertz CT molecular complexity index is 1130. The number of phenols is 1. The summed E-state index contributed by atoms with van der Waals surface area (Å²) in [6.45, 7) is 1.80. The summed E-state index contributed by atoms with van der Waals surface area (Å²) in [5.74, 6) is -0.787. The Balaban J connectivity index is 1.68. The van der Waals surface area contributed by atoms with Gasteiger partial charge in [0.2, 0.25) is 0 Å². The number of carboxylic acids is 1. The minimum Gasteiger partial charge on any atom is -0.508 e. The van der Waals surface area contributed by atoms with Crippen molar-refractivity contribution in [3.63, 3.8) is 0 Å². The first-order valence-electron chi connectivity index (χ1n) is 11.6. The van der Waals surface area contributed by atoms with Crippen LogP contribution in [0.5, 0.6) is 5.75 Å². The molecule has 0 bridgehead atoms. The summed E-state index contributed by atoms with van der Waals surface area (Å²) in [6.07, 6.45) is 5.82. The molecule has 1 aromatic heterocycles. The van der Waals surface area contributed by atoms with Crippen LogP contribution in [0.1, 0.15) is 67.1 Å². The zero-order chi connectivity index (χ0) is 24.0. The van der Waals surface area contributed by atoms with Crippen LogP contribution in [-0.2, 0) is 24.7 Å². The number of nitrogens with zero attached hydrogens (tertiary/aromatic N) is 1. The van der Waals surface area contributed by atoms with Gasteiger partial charge in [-0.3, -0.25) is 9.59 Å². The number of carbonyl (C=O) groups is 2. The second kappa shape index (κ2) is 11.4. The molecule has 0 saturated heterocycles. The molecule has 2 N–H and O–H groups in total. The summed E-state index contributed by atoms with van der Waals surface area (Å²) >= 11 is 6.24. The second-order valence-corrected chi connectivity index (χ2v) is 9.35. The van der Waals surface area contributed by atoms with Crippen LogP contribution in [0, 0.1) is 5.92 Å². The van der Waals surface area contributed by atoms with E-state index in [9.17, 15) is 14.7 Å². The number of carbonyl (C=O) groups excluding carboxylic acids is 1. The molecule has 3 rings (SSSR count). The van der Waals surface area contributed by atoms with Crippen LogP contribution >= 0.6 is 11.6 Å². The number of rotatable bonds is 12. The topological polar surface area (TPSA) is 79.5 Å². The highest BCUT2D eigenvalue weighted by Crippen LogP contribution is 2.31. The smallest absolute Gasteiger partial charge is 0.303 e. The van der Waals surface area contributed by atoms with E-state index in [-0.39, 0.29) is 24.5 Å². The number of unbranched alkanes of at least 4 members (excludes halogenated alkanes) is 3. The number of aromatic nitrogens is 1. The van der Waals surface area contributed by atoms with E-state index < -0.39 is 5.97 Å². The molecule has 1 heterocycles. The predicted octanol–water partition coefficient (Wildman–Crippen LogP) is 6.57. The molecule has 6 heteroatoms. The molecule has 0 spiro atoms. The van der Waals surface area contributed by atoms with Crippen LogP contribution in [-0.4, -0.2) is 26.5 Å². The number of aliphatic carboxylic acids is 1. The van der Waals surface area contributed by atoms with Gasteiger partial charge in [-0.2, -0.15) is 0 Å². The molecule has 0 radical (unpaired) electrons. The number of hydrogen-bond acceptors (Lipinski definition) is 3. The molecule has 0 amide bonds. The third-order valence-electron chi connectivity index (χ3n) is 6.22. The van der Waals surface area contributed by atoms with Crippen molar-refractivity contribution in [2.45, 2.75) is 58.3 Å². The number of hydrogen-bond donors (Lipinski definition) is 2. The summed E-state index contributed by atoms with van der Waals surface area (Å²) in [7, 11) is 1.97. The summed E-state index contributed by atoms with van der Waals surface area (Å²) < 4.78 is 2.07. The van der Waals surface area contributed by atoms with E-state index >= 15 is 0 Å². The van der Waals surface area contributed by atoms with E-state index in [0.717, 1.165) is 60.7 Å². The summed E-state index contributed by atoms with van der Waals surface area (Å²) in [6, 6.07) is 13.0. The Morgan fingerprint density at radius 2 is 1.70 bits per heavy atom. The number of halogens is 1. The minimum absolute atomic E-state index is 0.0221. The van der Waals surface area contributed by atoms with Gasteiger partial charge in [-0.25, -0.2) is 0 Å². The summed E-state index contributed by atoms with van der Waals surface area (Å²) in [4.78, 5) is 24.3. The third kappa shape index (κ3) is 6.38. The van der Waals surface area contributed by atoms with Gasteiger partial charge in [0.15, 0.2) is 5.78 Å². The fourth-order valence-corrected chi connectivity index (χ4v) is 4.72. The summed E-state index contributed by atoms with van der Waals surface area (Å²) in [5, 5.41) is 20.4. The highest BCUT2D eigenvalue weighted by atomic mass is 35.5. The fourth-order valence-electron chi connectivity index (χ4n) is 4.55. The Labute approximate surface area is 200 Å². The molecular weight excluding hydrogens is 438 g/mol. The van der Waals surface area contributed by atoms with Crippen molar-refractivity contribution in [2.75, 3.05) is 0 Å². The average Bonchev–Trinajstić information content (AvgIpc) is 3.02. The highest BCUT2D eigenvalue weighted by molar-refractivity contribution is 6.31. The van der Waals surface area contributed by atoms with E-state index in [4.69, 9.17) is 16.7 Å². The monoisotopic (exact) mass is 469 g/mol. The number of ketones is 1. The van der Waals surface area contributed by atoms with Gasteiger partial charge in [0.25, 0.3) is 0 Å². The largest absolute Gasteiger partial charge is 0.508 e. The highest BCUT2D eigenvalue weighted by Gasteiger charge is 2.23. The quantitative estimate of drug-likeness (QED) is 0.232. The number of aromatic hydroxyl groups is 1. The van der Waals surface area contributed by atoms with Crippen molar-refractivity contribution >= 4 is 34.3 Å².